The molecule has 0 atom stereocenters. The lowest BCUT2D eigenvalue weighted by atomic mass is 10.00. The van der Waals surface area contributed by atoms with E-state index < -0.39 is 0 Å². The summed E-state index contributed by atoms with van der Waals surface area (Å²) in [4.78, 5) is 16.9. The molecule has 0 fully saturated rings. The van der Waals surface area contributed by atoms with Crippen LogP contribution in [0.2, 0.25) is 5.02 Å². The van der Waals surface area contributed by atoms with E-state index in [0.29, 0.717) is 34.8 Å². The van der Waals surface area contributed by atoms with Crippen molar-refractivity contribution >= 4 is 35.5 Å². The summed E-state index contributed by atoms with van der Waals surface area (Å²) in [6.45, 7) is 2.83. The molecule has 0 amide bonds. The molecule has 25 heavy (non-hydrogen) atoms. The first-order chi connectivity index (χ1) is 12.1. The zero-order chi connectivity index (χ0) is 18.0. The number of rotatable bonds is 4. The second-order valence-electron chi connectivity index (χ2n) is 5.59. The van der Waals surface area contributed by atoms with Crippen LogP contribution in [0.15, 0.2) is 40.3 Å². The van der Waals surface area contributed by atoms with Crippen molar-refractivity contribution in [3.8, 4) is 11.1 Å². The van der Waals surface area contributed by atoms with Crippen LogP contribution in [0.5, 0.6) is 0 Å². The van der Waals surface area contributed by atoms with Crippen molar-refractivity contribution in [3.63, 3.8) is 0 Å². The standard InChI is InChI=1S/C18H18ClN5O/c1-2-24-17(21)12(7-20)5-15(18(24)25)14-4-3-11(6-16(14)19)13-8-22-10-23-9-13/h3-8,10,20H,2,9,21H2,1H3,(H,22,23). The molecule has 0 radical (unpaired) electrons. The Morgan fingerprint density at radius 3 is 2.80 bits per heavy atom. The summed E-state index contributed by atoms with van der Waals surface area (Å²) in [5, 5.41) is 10.9. The highest BCUT2D eigenvalue weighted by Gasteiger charge is 2.15. The monoisotopic (exact) mass is 355 g/mol. The van der Waals surface area contributed by atoms with Crippen molar-refractivity contribution in [1.29, 1.82) is 5.41 Å². The van der Waals surface area contributed by atoms with E-state index >= 15 is 0 Å². The first-order valence-electron chi connectivity index (χ1n) is 7.84. The molecule has 0 aliphatic carbocycles. The average molecular weight is 356 g/mol. The van der Waals surface area contributed by atoms with Gasteiger partial charge in [-0.15, -0.1) is 0 Å². The number of hydrogen-bond donors (Lipinski definition) is 3. The molecule has 7 heteroatoms. The quantitative estimate of drug-likeness (QED) is 0.736. The predicted molar refractivity (Wildman–Crippen MR) is 104 cm³/mol. The van der Waals surface area contributed by atoms with E-state index in [2.05, 4.69) is 10.3 Å². The Morgan fingerprint density at radius 1 is 1.40 bits per heavy atom. The summed E-state index contributed by atoms with van der Waals surface area (Å²) in [6.07, 6.45) is 4.65. The number of nitrogen functional groups attached to an aromatic ring is 1. The Kier molecular flexibility index (Phi) is 4.72. The Bertz CT molecular complexity index is 959. The van der Waals surface area contributed by atoms with Crippen LogP contribution in [0.3, 0.4) is 0 Å². The topological polar surface area (TPSA) is 96.3 Å². The van der Waals surface area contributed by atoms with Gasteiger partial charge in [-0.25, -0.2) is 0 Å². The number of nitrogens with one attached hydrogen (secondary N) is 2. The number of nitrogens with two attached hydrogens (primary N) is 1. The fourth-order valence-corrected chi connectivity index (χ4v) is 3.09. The highest BCUT2D eigenvalue weighted by molar-refractivity contribution is 6.33. The number of aromatic nitrogens is 1. The molecule has 1 aliphatic rings. The third kappa shape index (κ3) is 3.08. The number of aliphatic imine (C=N–C) groups is 1. The van der Waals surface area contributed by atoms with Gasteiger partial charge in [0.15, 0.2) is 0 Å². The zero-order valence-electron chi connectivity index (χ0n) is 13.7. The van der Waals surface area contributed by atoms with E-state index in [1.165, 1.54) is 4.57 Å². The summed E-state index contributed by atoms with van der Waals surface area (Å²) in [6, 6.07) is 7.16. The molecular formula is C18H18ClN5O. The Labute approximate surface area is 150 Å². The van der Waals surface area contributed by atoms with Gasteiger partial charge in [0.25, 0.3) is 5.56 Å². The first kappa shape index (κ1) is 17.0. The van der Waals surface area contributed by atoms with Gasteiger partial charge in [-0.05, 0) is 30.2 Å². The maximum absolute atomic E-state index is 12.7. The van der Waals surface area contributed by atoms with Crippen LogP contribution < -0.4 is 16.6 Å². The maximum Gasteiger partial charge on any atom is 0.260 e. The molecule has 1 aliphatic heterocycles. The summed E-state index contributed by atoms with van der Waals surface area (Å²) in [5.41, 5.74) is 9.24. The Balaban J connectivity index is 2.13. The third-order valence-corrected chi connectivity index (χ3v) is 4.46. The van der Waals surface area contributed by atoms with E-state index in [-0.39, 0.29) is 11.4 Å². The van der Waals surface area contributed by atoms with Gasteiger partial charge in [-0.3, -0.25) is 14.4 Å². The molecule has 0 saturated heterocycles. The molecule has 2 aromatic rings. The van der Waals surface area contributed by atoms with E-state index in [1.807, 2.05) is 31.3 Å². The number of anilines is 1. The number of hydrogen-bond acceptors (Lipinski definition) is 5. The van der Waals surface area contributed by atoms with E-state index in [1.54, 1.807) is 12.4 Å². The minimum absolute atomic E-state index is 0.219. The lowest BCUT2D eigenvalue weighted by molar-refractivity contribution is 0.740. The van der Waals surface area contributed by atoms with Gasteiger partial charge >= 0.3 is 0 Å². The van der Waals surface area contributed by atoms with Gasteiger partial charge in [-0.2, -0.15) is 0 Å². The smallest absolute Gasteiger partial charge is 0.260 e. The minimum atomic E-state index is -0.219. The van der Waals surface area contributed by atoms with Crippen LogP contribution in [0.1, 0.15) is 18.1 Å². The molecule has 1 aromatic heterocycles. The summed E-state index contributed by atoms with van der Waals surface area (Å²) in [7, 11) is 0. The highest BCUT2D eigenvalue weighted by Crippen LogP contribution is 2.30. The molecule has 2 heterocycles. The van der Waals surface area contributed by atoms with Crippen LogP contribution >= 0.6 is 11.6 Å². The largest absolute Gasteiger partial charge is 0.384 e. The van der Waals surface area contributed by atoms with E-state index in [9.17, 15) is 4.79 Å². The molecule has 4 N–H and O–H groups in total. The normalized spacial score (nSPS) is 13.3. The Hall–Kier alpha value is -2.86. The Morgan fingerprint density at radius 2 is 2.20 bits per heavy atom. The first-order valence-corrected chi connectivity index (χ1v) is 8.22. The molecular weight excluding hydrogens is 338 g/mol. The minimum Gasteiger partial charge on any atom is -0.384 e. The molecule has 1 aromatic carbocycles. The second-order valence-corrected chi connectivity index (χ2v) is 6.00. The molecule has 6 nitrogen and oxygen atoms in total. The molecule has 0 saturated carbocycles. The molecule has 3 rings (SSSR count). The summed E-state index contributed by atoms with van der Waals surface area (Å²) < 4.78 is 1.45. The van der Waals surface area contributed by atoms with Crippen LogP contribution in [-0.2, 0) is 6.54 Å². The van der Waals surface area contributed by atoms with Gasteiger partial charge in [-0.1, -0.05) is 23.7 Å². The maximum atomic E-state index is 12.7. The number of halogens is 1. The van der Waals surface area contributed by atoms with Gasteiger partial charge < -0.3 is 16.5 Å². The molecule has 128 valence electrons. The van der Waals surface area contributed by atoms with Crippen LogP contribution in [0, 0.1) is 5.41 Å². The average Bonchev–Trinajstić information content (AvgIpc) is 2.63. The van der Waals surface area contributed by atoms with Gasteiger partial charge in [0.1, 0.15) is 5.82 Å². The highest BCUT2D eigenvalue weighted by atomic mass is 35.5. The van der Waals surface area contributed by atoms with Crippen LogP contribution in [0.25, 0.3) is 16.7 Å². The molecule has 0 unspecified atom stereocenters. The van der Waals surface area contributed by atoms with E-state index in [4.69, 9.17) is 22.7 Å². The third-order valence-electron chi connectivity index (χ3n) is 4.15. The number of pyridine rings is 1. The van der Waals surface area contributed by atoms with Crippen molar-refractivity contribution < 1.29 is 0 Å². The van der Waals surface area contributed by atoms with E-state index in [0.717, 1.165) is 17.4 Å². The number of benzene rings is 1. The summed E-state index contributed by atoms with van der Waals surface area (Å²) in [5.74, 6) is 0.287. The molecule has 0 bridgehead atoms. The van der Waals surface area contributed by atoms with Gasteiger partial charge in [0, 0.05) is 40.7 Å². The van der Waals surface area contributed by atoms with Crippen molar-refractivity contribution in [2.45, 2.75) is 13.5 Å². The van der Waals surface area contributed by atoms with Gasteiger partial charge in [0.05, 0.1) is 12.9 Å². The van der Waals surface area contributed by atoms with Gasteiger partial charge in [0.2, 0.25) is 0 Å². The lowest BCUT2D eigenvalue weighted by Gasteiger charge is -2.15. The summed E-state index contributed by atoms with van der Waals surface area (Å²) >= 11 is 6.46. The predicted octanol–water partition coefficient (Wildman–Crippen LogP) is 2.74. The van der Waals surface area contributed by atoms with Crippen LogP contribution in [-0.4, -0.2) is 23.7 Å². The second kappa shape index (κ2) is 6.94. The SMILES string of the molecule is CCn1c(N)c(C=N)cc(-c2ccc(C3=CNC=NC3)cc2Cl)c1=O. The van der Waals surface area contributed by atoms with Crippen molar-refractivity contribution in [1.82, 2.24) is 9.88 Å². The van der Waals surface area contributed by atoms with Crippen molar-refractivity contribution in [2.75, 3.05) is 12.3 Å². The van der Waals surface area contributed by atoms with Crippen molar-refractivity contribution in [3.05, 3.63) is 57.0 Å². The van der Waals surface area contributed by atoms with Crippen molar-refractivity contribution in [2.24, 2.45) is 4.99 Å². The van der Waals surface area contributed by atoms with Crippen LogP contribution in [0.4, 0.5) is 5.82 Å². The molecule has 0 spiro atoms. The lowest BCUT2D eigenvalue weighted by Crippen LogP contribution is -2.25. The number of nitrogens with zero attached hydrogens (tertiary/aromatic N) is 2. The fraction of sp³-hybridized carbons (Fsp3) is 0.167. The zero-order valence-corrected chi connectivity index (χ0v) is 14.5. The fourth-order valence-electron chi connectivity index (χ4n) is 2.81.